The van der Waals surface area contributed by atoms with Gasteiger partial charge in [0, 0.05) is 11.1 Å². The Morgan fingerprint density at radius 3 is 3.12 bits per heavy atom. The Balaban J connectivity index is 1.95. The number of aryl methyl sites for hydroxylation is 1. The van der Waals surface area contributed by atoms with Crippen LogP contribution in [0.2, 0.25) is 0 Å². The third-order valence-electron chi connectivity index (χ3n) is 1.95. The van der Waals surface area contributed by atoms with E-state index in [0.29, 0.717) is 5.75 Å². The molecule has 0 aliphatic rings. The fourth-order valence-corrected chi connectivity index (χ4v) is 2.92. The minimum Gasteiger partial charge on any atom is -0.455 e. The van der Waals surface area contributed by atoms with Crippen LogP contribution in [0.25, 0.3) is 0 Å². The van der Waals surface area contributed by atoms with Gasteiger partial charge in [0.15, 0.2) is 10.1 Å². The number of thioether (sulfide) groups is 1. The number of aromatic nitrogens is 1. The van der Waals surface area contributed by atoms with E-state index in [1.807, 2.05) is 17.7 Å². The molecule has 7 heteroatoms. The molecule has 17 heavy (non-hydrogen) atoms. The van der Waals surface area contributed by atoms with Crippen molar-refractivity contribution in [3.8, 4) is 0 Å². The van der Waals surface area contributed by atoms with Crippen molar-refractivity contribution in [1.29, 1.82) is 0 Å². The summed E-state index contributed by atoms with van der Waals surface area (Å²) in [4.78, 5) is 15.5. The van der Waals surface area contributed by atoms with Gasteiger partial charge in [0.2, 0.25) is 0 Å². The van der Waals surface area contributed by atoms with Crippen LogP contribution in [0.3, 0.4) is 0 Å². The molecule has 2 rings (SSSR count). The zero-order valence-electron chi connectivity index (χ0n) is 9.10. The Hall–Kier alpha value is -1.31. The van der Waals surface area contributed by atoms with Gasteiger partial charge in [-0.15, -0.1) is 11.3 Å². The van der Waals surface area contributed by atoms with Crippen LogP contribution < -0.4 is 11.3 Å². The second-order valence-corrected chi connectivity index (χ2v) is 5.36. The third kappa shape index (κ3) is 3.09. The molecular formula is C10H11N3O2S2. The number of thiazole rings is 1. The quantitative estimate of drug-likeness (QED) is 0.384. The number of nitrogens with zero attached hydrogens (tertiary/aromatic N) is 1. The smallest absolute Gasteiger partial charge is 0.300 e. The van der Waals surface area contributed by atoms with E-state index in [0.717, 1.165) is 15.8 Å². The topological polar surface area (TPSA) is 81.2 Å². The van der Waals surface area contributed by atoms with E-state index in [1.165, 1.54) is 0 Å². The first-order valence-corrected chi connectivity index (χ1v) is 6.70. The predicted octanol–water partition coefficient (Wildman–Crippen LogP) is 1.94. The normalized spacial score (nSPS) is 10.5. The van der Waals surface area contributed by atoms with Crippen LogP contribution in [0.1, 0.15) is 22.0 Å². The number of carbonyl (C=O) groups excluding carboxylic acids is 1. The van der Waals surface area contributed by atoms with Crippen LogP contribution in [0.15, 0.2) is 26.3 Å². The maximum absolute atomic E-state index is 11.2. The number of nitrogen functional groups attached to an aromatic ring is 1. The number of hydrogen-bond donors (Lipinski definition) is 2. The SMILES string of the molecule is Cc1csc(SCc2ccc(C(=O)NN)o2)n1. The Labute approximate surface area is 106 Å². The number of hydrogen-bond acceptors (Lipinski definition) is 6. The molecule has 2 aromatic rings. The monoisotopic (exact) mass is 269 g/mol. The summed E-state index contributed by atoms with van der Waals surface area (Å²) in [6, 6.07) is 3.36. The van der Waals surface area contributed by atoms with E-state index in [2.05, 4.69) is 4.98 Å². The lowest BCUT2D eigenvalue weighted by Gasteiger charge is -1.95. The molecule has 0 spiro atoms. The van der Waals surface area contributed by atoms with Gasteiger partial charge in [0.25, 0.3) is 0 Å². The molecule has 3 N–H and O–H groups in total. The average molecular weight is 269 g/mol. The van der Waals surface area contributed by atoms with E-state index in [4.69, 9.17) is 10.3 Å². The predicted molar refractivity (Wildman–Crippen MR) is 66.8 cm³/mol. The Bertz CT molecular complexity index is 521. The lowest BCUT2D eigenvalue weighted by atomic mass is 10.4. The third-order valence-corrected chi connectivity index (χ3v) is 4.11. The molecule has 0 aliphatic carbocycles. The van der Waals surface area contributed by atoms with Crippen molar-refractivity contribution in [2.45, 2.75) is 17.0 Å². The maximum atomic E-state index is 11.2. The van der Waals surface area contributed by atoms with E-state index >= 15 is 0 Å². The van der Waals surface area contributed by atoms with Crippen molar-refractivity contribution < 1.29 is 9.21 Å². The molecule has 2 heterocycles. The number of hydrazine groups is 1. The minimum atomic E-state index is -0.425. The average Bonchev–Trinajstić information content (AvgIpc) is 2.94. The van der Waals surface area contributed by atoms with Gasteiger partial charge in [0.05, 0.1) is 5.75 Å². The van der Waals surface area contributed by atoms with Crippen molar-refractivity contribution in [2.75, 3.05) is 0 Å². The molecule has 0 bridgehead atoms. The van der Waals surface area contributed by atoms with Gasteiger partial charge in [-0.05, 0) is 19.1 Å². The Morgan fingerprint density at radius 1 is 1.65 bits per heavy atom. The number of carbonyl (C=O) groups is 1. The molecule has 0 fully saturated rings. The van der Waals surface area contributed by atoms with Crippen molar-refractivity contribution >= 4 is 29.0 Å². The van der Waals surface area contributed by atoms with Crippen LogP contribution in [-0.2, 0) is 5.75 Å². The molecule has 0 saturated heterocycles. The van der Waals surface area contributed by atoms with Gasteiger partial charge in [-0.3, -0.25) is 10.2 Å². The number of amides is 1. The molecular weight excluding hydrogens is 258 g/mol. The lowest BCUT2D eigenvalue weighted by molar-refractivity contribution is 0.0924. The fraction of sp³-hybridized carbons (Fsp3) is 0.200. The molecule has 1 amide bonds. The molecule has 90 valence electrons. The summed E-state index contributed by atoms with van der Waals surface area (Å²) in [6.07, 6.45) is 0. The van der Waals surface area contributed by atoms with Crippen LogP contribution in [0.4, 0.5) is 0 Å². The summed E-state index contributed by atoms with van der Waals surface area (Å²) in [5, 5.41) is 2.00. The van der Waals surface area contributed by atoms with Crippen LogP contribution in [0, 0.1) is 6.92 Å². The number of furan rings is 1. The van der Waals surface area contributed by atoms with Gasteiger partial charge < -0.3 is 4.42 Å². The van der Waals surface area contributed by atoms with Crippen molar-refractivity contribution in [2.24, 2.45) is 5.84 Å². The summed E-state index contributed by atoms with van der Waals surface area (Å²) in [6.45, 7) is 1.96. The van der Waals surface area contributed by atoms with Crippen molar-refractivity contribution in [1.82, 2.24) is 10.4 Å². The maximum Gasteiger partial charge on any atom is 0.300 e. The molecule has 2 aromatic heterocycles. The first-order chi connectivity index (χ1) is 8.19. The number of nitrogens with one attached hydrogen (secondary N) is 1. The highest BCUT2D eigenvalue weighted by molar-refractivity contribution is 8.00. The molecule has 0 aromatic carbocycles. The van der Waals surface area contributed by atoms with Gasteiger partial charge in [-0.25, -0.2) is 10.8 Å². The molecule has 5 nitrogen and oxygen atoms in total. The van der Waals surface area contributed by atoms with Gasteiger partial charge in [-0.1, -0.05) is 11.8 Å². The van der Waals surface area contributed by atoms with Crippen LogP contribution in [-0.4, -0.2) is 10.9 Å². The highest BCUT2D eigenvalue weighted by Crippen LogP contribution is 2.26. The first-order valence-electron chi connectivity index (χ1n) is 4.83. The van der Waals surface area contributed by atoms with Crippen LogP contribution >= 0.6 is 23.1 Å². The molecule has 0 unspecified atom stereocenters. The van der Waals surface area contributed by atoms with E-state index in [9.17, 15) is 4.79 Å². The van der Waals surface area contributed by atoms with Gasteiger partial charge >= 0.3 is 5.91 Å². The summed E-state index contributed by atoms with van der Waals surface area (Å²) in [5.41, 5.74) is 3.04. The molecule has 0 aliphatic heterocycles. The molecule has 0 saturated carbocycles. The molecule has 0 atom stereocenters. The van der Waals surface area contributed by atoms with Crippen LogP contribution in [0.5, 0.6) is 0 Å². The standard InChI is InChI=1S/C10H11N3O2S2/c1-6-4-16-10(12-6)17-5-7-2-3-8(15-7)9(14)13-11/h2-4H,5,11H2,1H3,(H,13,14). The van der Waals surface area contributed by atoms with Gasteiger partial charge in [0.1, 0.15) is 5.76 Å². The summed E-state index contributed by atoms with van der Waals surface area (Å²) in [5.74, 6) is 6.17. The highest BCUT2D eigenvalue weighted by atomic mass is 32.2. The van der Waals surface area contributed by atoms with E-state index in [1.54, 1.807) is 35.2 Å². The summed E-state index contributed by atoms with van der Waals surface area (Å²) < 4.78 is 6.32. The second kappa shape index (κ2) is 5.35. The fourth-order valence-electron chi connectivity index (χ4n) is 1.18. The van der Waals surface area contributed by atoms with Gasteiger partial charge in [-0.2, -0.15) is 0 Å². The summed E-state index contributed by atoms with van der Waals surface area (Å²) >= 11 is 3.18. The Morgan fingerprint density at radius 2 is 2.47 bits per heavy atom. The number of rotatable bonds is 4. The first kappa shape index (κ1) is 12.2. The Kier molecular flexibility index (Phi) is 3.82. The summed E-state index contributed by atoms with van der Waals surface area (Å²) in [7, 11) is 0. The minimum absolute atomic E-state index is 0.221. The zero-order valence-corrected chi connectivity index (χ0v) is 10.7. The van der Waals surface area contributed by atoms with Crippen molar-refractivity contribution in [3.63, 3.8) is 0 Å². The lowest BCUT2D eigenvalue weighted by Crippen LogP contribution is -2.29. The van der Waals surface area contributed by atoms with E-state index < -0.39 is 5.91 Å². The van der Waals surface area contributed by atoms with E-state index in [-0.39, 0.29) is 5.76 Å². The number of nitrogens with two attached hydrogens (primary N) is 1. The highest BCUT2D eigenvalue weighted by Gasteiger charge is 2.10. The largest absolute Gasteiger partial charge is 0.455 e. The molecule has 0 radical (unpaired) electrons. The zero-order chi connectivity index (χ0) is 12.3. The second-order valence-electron chi connectivity index (χ2n) is 3.28. The van der Waals surface area contributed by atoms with Crippen molar-refractivity contribution in [3.05, 3.63) is 34.7 Å².